The maximum absolute atomic E-state index is 13.5. The van der Waals surface area contributed by atoms with Crippen LogP contribution in [0.25, 0.3) is 16.8 Å². The second kappa shape index (κ2) is 6.42. The third kappa shape index (κ3) is 3.23. The van der Waals surface area contributed by atoms with Crippen molar-refractivity contribution in [2.75, 3.05) is 0 Å². The van der Waals surface area contributed by atoms with Gasteiger partial charge in [-0.15, -0.1) is 10.2 Å². The fourth-order valence-corrected chi connectivity index (χ4v) is 3.16. The van der Waals surface area contributed by atoms with E-state index in [1.807, 2.05) is 24.4 Å². The summed E-state index contributed by atoms with van der Waals surface area (Å²) in [7, 11) is 1.71. The van der Waals surface area contributed by atoms with Crippen molar-refractivity contribution < 1.29 is 8.78 Å². The highest BCUT2D eigenvalue weighted by Gasteiger charge is 2.11. The molecule has 0 radical (unpaired) electrons. The quantitative estimate of drug-likeness (QED) is 0.559. The predicted molar refractivity (Wildman–Crippen MR) is 97.6 cm³/mol. The SMILES string of the molecule is Cc1cc(-c2ccc3nnc(Cc4cc(F)cc(F)c4)n3c2)cn(C)c1=O. The van der Waals surface area contributed by atoms with Crippen LogP contribution in [0.4, 0.5) is 8.78 Å². The van der Waals surface area contributed by atoms with Gasteiger partial charge in [-0.05, 0) is 53.9 Å². The molecule has 1 aromatic carbocycles. The van der Waals surface area contributed by atoms with Crippen molar-refractivity contribution >= 4 is 5.65 Å². The molecule has 4 aromatic rings. The Hall–Kier alpha value is -3.35. The van der Waals surface area contributed by atoms with Gasteiger partial charge in [0.25, 0.3) is 5.56 Å². The zero-order chi connectivity index (χ0) is 19.1. The van der Waals surface area contributed by atoms with Gasteiger partial charge in [0, 0.05) is 37.5 Å². The first kappa shape index (κ1) is 17.1. The Labute approximate surface area is 153 Å². The van der Waals surface area contributed by atoms with Crippen molar-refractivity contribution in [3.05, 3.63) is 87.7 Å². The standard InChI is InChI=1S/C20H16F2N4O/c1-12-5-15(10-25(2)20(12)27)14-3-4-18-23-24-19(26(18)11-14)8-13-6-16(21)9-17(22)7-13/h3-7,9-11H,8H2,1-2H3. The molecule has 0 atom stereocenters. The van der Waals surface area contributed by atoms with Crippen molar-refractivity contribution in [2.45, 2.75) is 13.3 Å². The van der Waals surface area contributed by atoms with Crippen molar-refractivity contribution in [3.63, 3.8) is 0 Å². The Morgan fingerprint density at radius 2 is 1.70 bits per heavy atom. The topological polar surface area (TPSA) is 52.2 Å². The maximum atomic E-state index is 13.5. The number of rotatable bonds is 3. The maximum Gasteiger partial charge on any atom is 0.253 e. The van der Waals surface area contributed by atoms with Crippen LogP contribution < -0.4 is 5.56 Å². The molecule has 4 rings (SSSR count). The molecule has 0 saturated heterocycles. The first-order chi connectivity index (χ1) is 12.9. The molecule has 0 saturated carbocycles. The van der Waals surface area contributed by atoms with E-state index < -0.39 is 11.6 Å². The molecule has 3 heterocycles. The summed E-state index contributed by atoms with van der Waals surface area (Å²) in [5, 5.41) is 8.26. The van der Waals surface area contributed by atoms with Gasteiger partial charge in [-0.3, -0.25) is 9.20 Å². The van der Waals surface area contributed by atoms with E-state index in [2.05, 4.69) is 10.2 Å². The van der Waals surface area contributed by atoms with E-state index in [0.717, 1.165) is 17.2 Å². The van der Waals surface area contributed by atoms with Crippen LogP contribution in [0.5, 0.6) is 0 Å². The normalized spacial score (nSPS) is 11.3. The molecule has 0 unspecified atom stereocenters. The number of benzene rings is 1. The molecule has 0 aliphatic carbocycles. The minimum atomic E-state index is -0.625. The van der Waals surface area contributed by atoms with E-state index in [-0.39, 0.29) is 12.0 Å². The van der Waals surface area contributed by atoms with Gasteiger partial charge in [0.2, 0.25) is 0 Å². The van der Waals surface area contributed by atoms with Crippen molar-refractivity contribution in [2.24, 2.45) is 7.05 Å². The molecule has 3 aromatic heterocycles. The minimum absolute atomic E-state index is 0.0436. The Balaban J connectivity index is 1.78. The Morgan fingerprint density at radius 1 is 0.963 bits per heavy atom. The van der Waals surface area contributed by atoms with Gasteiger partial charge in [0.1, 0.15) is 17.5 Å². The number of hydrogen-bond acceptors (Lipinski definition) is 3. The third-order valence-corrected chi connectivity index (χ3v) is 4.45. The summed E-state index contributed by atoms with van der Waals surface area (Å²) in [4.78, 5) is 11.9. The molecule has 5 nitrogen and oxygen atoms in total. The zero-order valence-corrected chi connectivity index (χ0v) is 14.8. The van der Waals surface area contributed by atoms with Gasteiger partial charge >= 0.3 is 0 Å². The number of hydrogen-bond donors (Lipinski definition) is 0. The fourth-order valence-electron chi connectivity index (χ4n) is 3.16. The summed E-state index contributed by atoms with van der Waals surface area (Å²) in [5.74, 6) is -0.682. The van der Waals surface area contributed by atoms with Crippen LogP contribution in [0.1, 0.15) is 17.0 Å². The molecule has 0 N–H and O–H groups in total. The molecule has 0 aliphatic heterocycles. The van der Waals surface area contributed by atoms with Crippen molar-refractivity contribution in [3.8, 4) is 11.1 Å². The van der Waals surface area contributed by atoms with Gasteiger partial charge in [0.15, 0.2) is 5.65 Å². The largest absolute Gasteiger partial charge is 0.318 e. The number of halogens is 2. The highest BCUT2D eigenvalue weighted by molar-refractivity contribution is 5.64. The van der Waals surface area contributed by atoms with Gasteiger partial charge in [0.05, 0.1) is 0 Å². The highest BCUT2D eigenvalue weighted by atomic mass is 19.1. The van der Waals surface area contributed by atoms with Crippen LogP contribution in [0.15, 0.2) is 53.6 Å². The first-order valence-corrected chi connectivity index (χ1v) is 8.37. The number of aryl methyl sites for hydroxylation is 2. The lowest BCUT2D eigenvalue weighted by atomic mass is 10.1. The van der Waals surface area contributed by atoms with Crippen molar-refractivity contribution in [1.82, 2.24) is 19.2 Å². The van der Waals surface area contributed by atoms with Gasteiger partial charge < -0.3 is 4.57 Å². The Bertz CT molecular complexity index is 1180. The monoisotopic (exact) mass is 366 g/mol. The molecule has 27 heavy (non-hydrogen) atoms. The average molecular weight is 366 g/mol. The van der Waals surface area contributed by atoms with Crippen LogP contribution in [0, 0.1) is 18.6 Å². The summed E-state index contributed by atoms with van der Waals surface area (Å²) in [6.45, 7) is 1.77. The van der Waals surface area contributed by atoms with Gasteiger partial charge in [-0.25, -0.2) is 8.78 Å². The number of nitrogens with zero attached hydrogens (tertiary/aromatic N) is 4. The zero-order valence-electron chi connectivity index (χ0n) is 14.8. The lowest BCUT2D eigenvalue weighted by Crippen LogP contribution is -2.18. The molecular weight excluding hydrogens is 350 g/mol. The molecular formula is C20H16F2N4O. The summed E-state index contributed by atoms with van der Waals surface area (Å²) < 4.78 is 30.2. The molecule has 0 aliphatic rings. The van der Waals surface area contributed by atoms with E-state index >= 15 is 0 Å². The number of aromatic nitrogens is 4. The van der Waals surface area contributed by atoms with Crippen molar-refractivity contribution in [1.29, 1.82) is 0 Å². The van der Waals surface area contributed by atoms with E-state index in [1.54, 1.807) is 24.6 Å². The smallest absolute Gasteiger partial charge is 0.253 e. The molecule has 0 fully saturated rings. The number of fused-ring (bicyclic) bond motifs is 1. The van der Waals surface area contributed by atoms with Crippen LogP contribution >= 0.6 is 0 Å². The highest BCUT2D eigenvalue weighted by Crippen LogP contribution is 2.21. The Morgan fingerprint density at radius 3 is 2.41 bits per heavy atom. The Kier molecular flexibility index (Phi) is 4.07. The average Bonchev–Trinajstić information content (AvgIpc) is 3.00. The molecule has 0 spiro atoms. The molecule has 0 amide bonds. The molecule has 7 heteroatoms. The summed E-state index contributed by atoms with van der Waals surface area (Å²) >= 11 is 0. The van der Waals surface area contributed by atoms with E-state index in [4.69, 9.17) is 0 Å². The summed E-state index contributed by atoms with van der Waals surface area (Å²) in [5.41, 5.74) is 3.48. The van der Waals surface area contributed by atoms with E-state index in [9.17, 15) is 13.6 Å². The van der Waals surface area contributed by atoms with Crippen LogP contribution in [-0.2, 0) is 13.5 Å². The van der Waals surface area contributed by atoms with E-state index in [1.165, 1.54) is 16.7 Å². The minimum Gasteiger partial charge on any atom is -0.318 e. The second-order valence-corrected chi connectivity index (χ2v) is 6.54. The van der Waals surface area contributed by atoms with Gasteiger partial charge in [-0.2, -0.15) is 0 Å². The molecule has 0 bridgehead atoms. The number of pyridine rings is 2. The second-order valence-electron chi connectivity index (χ2n) is 6.54. The summed E-state index contributed by atoms with van der Waals surface area (Å²) in [6.07, 6.45) is 3.87. The van der Waals surface area contributed by atoms with Crippen LogP contribution in [-0.4, -0.2) is 19.2 Å². The lowest BCUT2D eigenvalue weighted by Gasteiger charge is -2.08. The van der Waals surface area contributed by atoms with Crippen LogP contribution in [0.2, 0.25) is 0 Å². The first-order valence-electron chi connectivity index (χ1n) is 8.37. The lowest BCUT2D eigenvalue weighted by molar-refractivity contribution is 0.580. The fraction of sp³-hybridized carbons (Fsp3) is 0.150. The molecule has 136 valence electrons. The van der Waals surface area contributed by atoms with E-state index in [0.29, 0.717) is 22.6 Å². The third-order valence-electron chi connectivity index (χ3n) is 4.45. The summed E-state index contributed by atoms with van der Waals surface area (Å²) in [6, 6.07) is 8.95. The van der Waals surface area contributed by atoms with Gasteiger partial charge in [-0.1, -0.05) is 0 Å². The predicted octanol–water partition coefficient (Wildman–Crippen LogP) is 3.27. The van der Waals surface area contributed by atoms with Crippen LogP contribution in [0.3, 0.4) is 0 Å².